The van der Waals surface area contributed by atoms with Crippen molar-refractivity contribution in [2.45, 2.75) is 6.92 Å². The van der Waals surface area contributed by atoms with E-state index in [0.29, 0.717) is 22.7 Å². The molecule has 0 unspecified atom stereocenters. The summed E-state index contributed by atoms with van der Waals surface area (Å²) in [4.78, 5) is 26.3. The van der Waals surface area contributed by atoms with Gasteiger partial charge in [0.1, 0.15) is 23.6 Å². The summed E-state index contributed by atoms with van der Waals surface area (Å²) in [7, 11) is 0. The summed E-state index contributed by atoms with van der Waals surface area (Å²) in [5.74, 6) is -0.916. The molecule has 0 radical (unpaired) electrons. The third kappa shape index (κ3) is 4.07. The first-order chi connectivity index (χ1) is 13.6. The van der Waals surface area contributed by atoms with E-state index in [4.69, 9.17) is 14.5 Å². The SMILES string of the molecule is Cc1onc(-c2ccccc2)c1C(=O)OCC(=O)N(CC#N)c1ccccc1. The highest BCUT2D eigenvalue weighted by molar-refractivity contribution is 6.00. The largest absolute Gasteiger partial charge is 0.452 e. The second-order valence-electron chi connectivity index (χ2n) is 5.88. The molecule has 3 aromatic rings. The Morgan fingerprint density at radius 1 is 1.11 bits per heavy atom. The first-order valence-electron chi connectivity index (χ1n) is 8.53. The van der Waals surface area contributed by atoms with Crippen molar-refractivity contribution in [2.24, 2.45) is 0 Å². The van der Waals surface area contributed by atoms with Gasteiger partial charge in [0.2, 0.25) is 0 Å². The predicted octanol–water partition coefficient (Wildman–Crippen LogP) is 3.36. The van der Waals surface area contributed by atoms with Crippen LogP contribution in [0.3, 0.4) is 0 Å². The zero-order chi connectivity index (χ0) is 19.9. The molecule has 7 nitrogen and oxygen atoms in total. The van der Waals surface area contributed by atoms with Gasteiger partial charge in [0.25, 0.3) is 5.91 Å². The lowest BCUT2D eigenvalue weighted by Gasteiger charge is -2.19. The molecule has 140 valence electrons. The Morgan fingerprint density at radius 2 is 1.75 bits per heavy atom. The number of ether oxygens (including phenoxy) is 1. The third-order valence-electron chi connectivity index (χ3n) is 4.04. The van der Waals surface area contributed by atoms with Crippen LogP contribution < -0.4 is 4.90 Å². The van der Waals surface area contributed by atoms with Gasteiger partial charge in [0.15, 0.2) is 6.61 Å². The number of hydrogen-bond donors (Lipinski definition) is 0. The lowest BCUT2D eigenvalue weighted by Crippen LogP contribution is -2.35. The van der Waals surface area contributed by atoms with E-state index in [1.807, 2.05) is 24.3 Å². The molecule has 0 saturated heterocycles. The summed E-state index contributed by atoms with van der Waals surface area (Å²) >= 11 is 0. The number of esters is 1. The monoisotopic (exact) mass is 375 g/mol. The number of benzene rings is 2. The van der Waals surface area contributed by atoms with Crippen molar-refractivity contribution in [3.05, 3.63) is 72.0 Å². The van der Waals surface area contributed by atoms with Crippen molar-refractivity contribution in [3.8, 4) is 17.3 Å². The van der Waals surface area contributed by atoms with Crippen LogP contribution in [0.1, 0.15) is 16.1 Å². The van der Waals surface area contributed by atoms with E-state index in [9.17, 15) is 9.59 Å². The lowest BCUT2D eigenvalue weighted by atomic mass is 10.1. The number of nitrogens with zero attached hydrogens (tertiary/aromatic N) is 3. The molecule has 3 rings (SSSR count). The minimum Gasteiger partial charge on any atom is -0.452 e. The molecule has 1 aromatic heterocycles. The Hall–Kier alpha value is -3.92. The zero-order valence-electron chi connectivity index (χ0n) is 15.2. The van der Waals surface area contributed by atoms with Gasteiger partial charge in [-0.15, -0.1) is 0 Å². The van der Waals surface area contributed by atoms with Gasteiger partial charge in [-0.05, 0) is 19.1 Å². The van der Waals surface area contributed by atoms with Crippen molar-refractivity contribution >= 4 is 17.6 Å². The molecule has 1 amide bonds. The molecular weight excluding hydrogens is 358 g/mol. The van der Waals surface area contributed by atoms with Crippen LogP contribution >= 0.6 is 0 Å². The Balaban J connectivity index is 1.75. The number of rotatable bonds is 6. The van der Waals surface area contributed by atoms with Gasteiger partial charge in [-0.3, -0.25) is 9.69 Å². The Kier molecular flexibility index (Phi) is 5.82. The first-order valence-corrected chi connectivity index (χ1v) is 8.53. The van der Waals surface area contributed by atoms with Crippen molar-refractivity contribution in [2.75, 3.05) is 18.1 Å². The molecule has 0 fully saturated rings. The van der Waals surface area contributed by atoms with E-state index in [1.54, 1.807) is 49.4 Å². The molecule has 0 aliphatic heterocycles. The molecule has 0 spiro atoms. The normalized spacial score (nSPS) is 10.1. The fourth-order valence-electron chi connectivity index (χ4n) is 2.69. The summed E-state index contributed by atoms with van der Waals surface area (Å²) in [6.07, 6.45) is 0. The highest BCUT2D eigenvalue weighted by atomic mass is 16.5. The summed E-state index contributed by atoms with van der Waals surface area (Å²) < 4.78 is 10.3. The fraction of sp³-hybridized carbons (Fsp3) is 0.143. The Morgan fingerprint density at radius 3 is 2.39 bits per heavy atom. The second-order valence-corrected chi connectivity index (χ2v) is 5.88. The van der Waals surface area contributed by atoms with Crippen LogP contribution in [0.4, 0.5) is 5.69 Å². The summed E-state index contributed by atoms with van der Waals surface area (Å²) in [6.45, 7) is 0.944. The van der Waals surface area contributed by atoms with Crippen molar-refractivity contribution in [3.63, 3.8) is 0 Å². The molecular formula is C21H17N3O4. The average Bonchev–Trinajstić information content (AvgIpc) is 3.13. The predicted molar refractivity (Wildman–Crippen MR) is 101 cm³/mol. The zero-order valence-corrected chi connectivity index (χ0v) is 15.2. The van der Waals surface area contributed by atoms with Crippen LogP contribution in [0.15, 0.2) is 65.2 Å². The maximum Gasteiger partial charge on any atom is 0.344 e. The van der Waals surface area contributed by atoms with Crippen molar-refractivity contribution in [1.29, 1.82) is 5.26 Å². The maximum atomic E-state index is 12.6. The second kappa shape index (κ2) is 8.64. The van der Waals surface area contributed by atoms with Gasteiger partial charge >= 0.3 is 5.97 Å². The van der Waals surface area contributed by atoms with Crippen LogP contribution in [-0.4, -0.2) is 30.2 Å². The van der Waals surface area contributed by atoms with Gasteiger partial charge in [0.05, 0.1) is 6.07 Å². The molecule has 0 aliphatic carbocycles. The van der Waals surface area contributed by atoms with E-state index in [-0.39, 0.29) is 12.1 Å². The molecule has 0 atom stereocenters. The number of hydrogen-bond acceptors (Lipinski definition) is 6. The summed E-state index contributed by atoms with van der Waals surface area (Å²) in [5.41, 5.74) is 1.78. The number of nitriles is 1. The van der Waals surface area contributed by atoms with Crippen molar-refractivity contribution < 1.29 is 18.8 Å². The Bertz CT molecular complexity index is 1010. The molecule has 2 aromatic carbocycles. The number of para-hydroxylation sites is 1. The minimum absolute atomic E-state index is 0.151. The number of aryl methyl sites for hydroxylation is 1. The average molecular weight is 375 g/mol. The van der Waals surface area contributed by atoms with Crippen LogP contribution in [0.25, 0.3) is 11.3 Å². The number of amides is 1. The third-order valence-corrected chi connectivity index (χ3v) is 4.04. The van der Waals surface area contributed by atoms with Gasteiger partial charge in [-0.1, -0.05) is 53.7 Å². The number of anilines is 1. The summed E-state index contributed by atoms with van der Waals surface area (Å²) in [5, 5.41) is 12.9. The van der Waals surface area contributed by atoms with E-state index in [0.717, 1.165) is 0 Å². The van der Waals surface area contributed by atoms with Gasteiger partial charge in [-0.2, -0.15) is 5.26 Å². The smallest absolute Gasteiger partial charge is 0.344 e. The number of carbonyl (C=O) groups excluding carboxylic acids is 2. The quantitative estimate of drug-likeness (QED) is 0.484. The van der Waals surface area contributed by atoms with Crippen molar-refractivity contribution in [1.82, 2.24) is 5.16 Å². The highest BCUT2D eigenvalue weighted by Gasteiger charge is 2.25. The van der Waals surface area contributed by atoms with Gasteiger partial charge < -0.3 is 9.26 Å². The van der Waals surface area contributed by atoms with E-state index < -0.39 is 18.5 Å². The molecule has 0 aliphatic rings. The van der Waals surface area contributed by atoms with Crippen LogP contribution in [0.2, 0.25) is 0 Å². The molecule has 28 heavy (non-hydrogen) atoms. The standard InChI is InChI=1S/C21H17N3O4/c1-15-19(20(23-28-15)16-8-4-2-5-9-16)21(26)27-14-18(25)24(13-12-22)17-10-6-3-7-11-17/h2-11H,13-14H2,1H3. The molecule has 1 heterocycles. The van der Waals surface area contributed by atoms with Gasteiger partial charge in [0, 0.05) is 11.3 Å². The fourth-order valence-corrected chi connectivity index (χ4v) is 2.69. The molecule has 0 bridgehead atoms. The van der Waals surface area contributed by atoms with Crippen LogP contribution in [0, 0.1) is 18.3 Å². The molecule has 7 heteroatoms. The highest BCUT2D eigenvalue weighted by Crippen LogP contribution is 2.25. The first kappa shape index (κ1) is 18.9. The van der Waals surface area contributed by atoms with E-state index in [1.165, 1.54) is 4.90 Å². The molecule has 0 N–H and O–H groups in total. The molecule has 0 saturated carbocycles. The van der Waals surface area contributed by atoms with E-state index >= 15 is 0 Å². The summed E-state index contributed by atoms with van der Waals surface area (Å²) in [6, 6.07) is 19.7. The van der Waals surface area contributed by atoms with Gasteiger partial charge in [-0.25, -0.2) is 4.79 Å². The van der Waals surface area contributed by atoms with Crippen LogP contribution in [-0.2, 0) is 9.53 Å². The lowest BCUT2D eigenvalue weighted by molar-refractivity contribution is -0.121. The Labute approximate surface area is 161 Å². The van der Waals surface area contributed by atoms with Crippen LogP contribution in [0.5, 0.6) is 0 Å². The maximum absolute atomic E-state index is 12.6. The topological polar surface area (TPSA) is 96.4 Å². The number of aromatic nitrogens is 1. The number of carbonyl (C=O) groups is 2. The van der Waals surface area contributed by atoms with E-state index in [2.05, 4.69) is 5.16 Å². The minimum atomic E-state index is -0.712.